The average Bonchev–Trinajstić information content (AvgIpc) is 2.71. The maximum atomic E-state index is 12.7. The van der Waals surface area contributed by atoms with Crippen LogP contribution in [0, 0.1) is 13.8 Å². The second-order valence-corrected chi connectivity index (χ2v) is 6.49. The van der Waals surface area contributed by atoms with Gasteiger partial charge in [-0.1, -0.05) is 19.1 Å². The number of methoxy groups -OCH3 is 3. The van der Waals surface area contributed by atoms with E-state index in [4.69, 9.17) is 18.9 Å². The molecule has 2 rings (SSSR count). The molecule has 0 radical (unpaired) electrons. The molecule has 1 atom stereocenters. The SMILES string of the molecule is CC[C@H](Oc1cc(C)ccc1C)C(=O)NCc1ccc(OC)c(OC)c1OC. The van der Waals surface area contributed by atoms with Crippen molar-refractivity contribution in [2.24, 2.45) is 0 Å². The predicted molar refractivity (Wildman–Crippen MR) is 109 cm³/mol. The van der Waals surface area contributed by atoms with Gasteiger partial charge in [-0.2, -0.15) is 0 Å². The number of amides is 1. The Hall–Kier alpha value is -2.89. The topological polar surface area (TPSA) is 66.0 Å². The van der Waals surface area contributed by atoms with Crippen molar-refractivity contribution < 1.29 is 23.7 Å². The van der Waals surface area contributed by atoms with E-state index in [0.29, 0.717) is 23.7 Å². The van der Waals surface area contributed by atoms with E-state index in [1.54, 1.807) is 27.4 Å². The zero-order valence-corrected chi connectivity index (χ0v) is 17.4. The third kappa shape index (κ3) is 4.88. The first-order valence-corrected chi connectivity index (χ1v) is 9.24. The Bertz CT molecular complexity index is 819. The van der Waals surface area contributed by atoms with Crippen LogP contribution in [0.1, 0.15) is 30.0 Å². The third-order valence-corrected chi connectivity index (χ3v) is 4.51. The Kier molecular flexibility index (Phi) is 7.55. The number of benzene rings is 2. The molecule has 28 heavy (non-hydrogen) atoms. The van der Waals surface area contributed by atoms with Crippen molar-refractivity contribution in [3.63, 3.8) is 0 Å². The lowest BCUT2D eigenvalue weighted by Crippen LogP contribution is -2.37. The number of hydrogen-bond acceptors (Lipinski definition) is 5. The summed E-state index contributed by atoms with van der Waals surface area (Å²) in [6.07, 6.45) is -0.0194. The fourth-order valence-electron chi connectivity index (χ4n) is 2.91. The molecule has 0 unspecified atom stereocenters. The molecule has 2 aromatic carbocycles. The van der Waals surface area contributed by atoms with Gasteiger partial charge in [0.25, 0.3) is 5.91 Å². The molecule has 0 saturated carbocycles. The van der Waals surface area contributed by atoms with E-state index >= 15 is 0 Å². The summed E-state index contributed by atoms with van der Waals surface area (Å²) in [4.78, 5) is 12.7. The summed E-state index contributed by atoms with van der Waals surface area (Å²) in [7, 11) is 4.67. The largest absolute Gasteiger partial charge is 0.493 e. The molecule has 6 nitrogen and oxygen atoms in total. The molecule has 0 aromatic heterocycles. The zero-order valence-electron chi connectivity index (χ0n) is 17.4. The lowest BCUT2D eigenvalue weighted by molar-refractivity contribution is -0.128. The standard InChI is InChI=1S/C22H29NO5/c1-7-17(28-19-12-14(2)8-9-15(19)3)22(24)23-13-16-10-11-18(25-4)21(27-6)20(16)26-5/h8-12,17H,7,13H2,1-6H3,(H,23,24)/t17-/m0/s1. The van der Waals surface area contributed by atoms with Gasteiger partial charge < -0.3 is 24.3 Å². The highest BCUT2D eigenvalue weighted by molar-refractivity contribution is 5.81. The summed E-state index contributed by atoms with van der Waals surface area (Å²) in [5.74, 6) is 2.14. The maximum absolute atomic E-state index is 12.7. The summed E-state index contributed by atoms with van der Waals surface area (Å²) >= 11 is 0. The number of hydrogen-bond donors (Lipinski definition) is 1. The molecule has 0 spiro atoms. The van der Waals surface area contributed by atoms with E-state index in [1.807, 2.05) is 45.0 Å². The van der Waals surface area contributed by atoms with Crippen LogP contribution < -0.4 is 24.3 Å². The van der Waals surface area contributed by atoms with Gasteiger partial charge in [0.05, 0.1) is 21.3 Å². The van der Waals surface area contributed by atoms with Gasteiger partial charge in [0, 0.05) is 12.1 Å². The van der Waals surface area contributed by atoms with Gasteiger partial charge in [0.15, 0.2) is 17.6 Å². The van der Waals surface area contributed by atoms with Crippen LogP contribution in [-0.4, -0.2) is 33.3 Å². The molecule has 1 amide bonds. The van der Waals surface area contributed by atoms with Gasteiger partial charge in [-0.25, -0.2) is 0 Å². The number of carbonyl (C=O) groups excluding carboxylic acids is 1. The van der Waals surface area contributed by atoms with Crippen molar-refractivity contribution in [1.82, 2.24) is 5.32 Å². The van der Waals surface area contributed by atoms with Crippen molar-refractivity contribution in [2.75, 3.05) is 21.3 Å². The van der Waals surface area contributed by atoms with Crippen LogP contribution in [0.15, 0.2) is 30.3 Å². The Morgan fingerprint density at radius 3 is 2.29 bits per heavy atom. The molecule has 2 aromatic rings. The number of nitrogens with one attached hydrogen (secondary N) is 1. The zero-order chi connectivity index (χ0) is 20.7. The second kappa shape index (κ2) is 9.88. The van der Waals surface area contributed by atoms with E-state index < -0.39 is 6.10 Å². The number of aryl methyl sites for hydroxylation is 2. The van der Waals surface area contributed by atoms with E-state index in [0.717, 1.165) is 22.4 Å². The Labute approximate surface area is 166 Å². The van der Waals surface area contributed by atoms with Crippen LogP contribution in [0.2, 0.25) is 0 Å². The molecule has 0 heterocycles. The fourth-order valence-corrected chi connectivity index (χ4v) is 2.91. The second-order valence-electron chi connectivity index (χ2n) is 6.49. The van der Waals surface area contributed by atoms with Crippen molar-refractivity contribution in [3.05, 3.63) is 47.0 Å². The molecule has 6 heteroatoms. The van der Waals surface area contributed by atoms with Crippen molar-refractivity contribution in [3.8, 4) is 23.0 Å². The first-order chi connectivity index (χ1) is 13.4. The molecule has 1 N–H and O–H groups in total. The molecule has 0 aliphatic rings. The normalized spacial score (nSPS) is 11.5. The van der Waals surface area contributed by atoms with Crippen molar-refractivity contribution >= 4 is 5.91 Å². The Balaban J connectivity index is 2.12. The third-order valence-electron chi connectivity index (χ3n) is 4.51. The molecule has 152 valence electrons. The molecular weight excluding hydrogens is 358 g/mol. The van der Waals surface area contributed by atoms with Crippen molar-refractivity contribution in [2.45, 2.75) is 39.8 Å². The maximum Gasteiger partial charge on any atom is 0.261 e. The van der Waals surface area contributed by atoms with E-state index in [1.165, 1.54) is 0 Å². The molecule has 0 aliphatic carbocycles. The predicted octanol–water partition coefficient (Wildman–Crippen LogP) is 3.80. The van der Waals surface area contributed by atoms with Crippen LogP contribution in [0.3, 0.4) is 0 Å². The van der Waals surface area contributed by atoms with Crippen LogP contribution >= 0.6 is 0 Å². The monoisotopic (exact) mass is 387 g/mol. The molecular formula is C22H29NO5. The van der Waals surface area contributed by atoms with Crippen LogP contribution in [0.4, 0.5) is 0 Å². The summed E-state index contributed by atoms with van der Waals surface area (Å²) in [5, 5.41) is 2.93. The Morgan fingerprint density at radius 2 is 1.68 bits per heavy atom. The average molecular weight is 387 g/mol. The van der Waals surface area contributed by atoms with Gasteiger partial charge in [-0.05, 0) is 49.6 Å². The van der Waals surface area contributed by atoms with Gasteiger partial charge in [0.2, 0.25) is 5.75 Å². The lowest BCUT2D eigenvalue weighted by Gasteiger charge is -2.20. The van der Waals surface area contributed by atoms with Crippen LogP contribution in [0.25, 0.3) is 0 Å². The summed E-state index contributed by atoms with van der Waals surface area (Å²) in [6, 6.07) is 9.58. The first-order valence-electron chi connectivity index (χ1n) is 9.24. The summed E-state index contributed by atoms with van der Waals surface area (Å²) < 4.78 is 22.1. The number of carbonyl (C=O) groups is 1. The smallest absolute Gasteiger partial charge is 0.261 e. The van der Waals surface area contributed by atoms with E-state index in [-0.39, 0.29) is 12.5 Å². The van der Waals surface area contributed by atoms with Crippen LogP contribution in [0.5, 0.6) is 23.0 Å². The number of rotatable bonds is 9. The summed E-state index contributed by atoms with van der Waals surface area (Å²) in [6.45, 7) is 6.17. The highest BCUT2D eigenvalue weighted by Crippen LogP contribution is 2.39. The summed E-state index contributed by atoms with van der Waals surface area (Å²) in [5.41, 5.74) is 2.87. The van der Waals surface area contributed by atoms with E-state index in [9.17, 15) is 4.79 Å². The minimum absolute atomic E-state index is 0.180. The highest BCUT2D eigenvalue weighted by Gasteiger charge is 2.21. The Morgan fingerprint density at radius 1 is 0.964 bits per heavy atom. The fraction of sp³-hybridized carbons (Fsp3) is 0.409. The van der Waals surface area contributed by atoms with Crippen LogP contribution in [-0.2, 0) is 11.3 Å². The molecule has 0 bridgehead atoms. The molecule has 0 aliphatic heterocycles. The molecule has 0 saturated heterocycles. The van der Waals surface area contributed by atoms with Gasteiger partial charge >= 0.3 is 0 Å². The molecule has 0 fully saturated rings. The van der Waals surface area contributed by atoms with Gasteiger partial charge in [-0.15, -0.1) is 0 Å². The number of ether oxygens (including phenoxy) is 4. The van der Waals surface area contributed by atoms with Gasteiger partial charge in [-0.3, -0.25) is 4.79 Å². The first kappa shape index (κ1) is 21.4. The minimum Gasteiger partial charge on any atom is -0.493 e. The highest BCUT2D eigenvalue weighted by atomic mass is 16.5. The minimum atomic E-state index is -0.577. The van der Waals surface area contributed by atoms with Crippen molar-refractivity contribution in [1.29, 1.82) is 0 Å². The van der Waals surface area contributed by atoms with E-state index in [2.05, 4.69) is 5.32 Å². The van der Waals surface area contributed by atoms with Gasteiger partial charge in [0.1, 0.15) is 5.75 Å². The quantitative estimate of drug-likeness (QED) is 0.709. The lowest BCUT2D eigenvalue weighted by atomic mass is 10.1.